The molecule has 2 amide bonds. The molecule has 0 aromatic carbocycles. The average molecular weight is 343 g/mol. The molecule has 23 heavy (non-hydrogen) atoms. The molecule has 1 aromatic heterocycles. The van der Waals surface area contributed by atoms with E-state index in [1.54, 1.807) is 13.1 Å². The Balaban J connectivity index is 1.77. The van der Waals surface area contributed by atoms with Gasteiger partial charge in [-0.25, -0.2) is 4.79 Å². The van der Waals surface area contributed by atoms with Crippen molar-refractivity contribution in [2.45, 2.75) is 52.2 Å². The summed E-state index contributed by atoms with van der Waals surface area (Å²) in [7, 11) is 0. The Bertz CT molecular complexity index is 522. The van der Waals surface area contributed by atoms with Crippen LogP contribution in [0.1, 0.15) is 46.1 Å². The number of carbonyl (C=O) groups excluding carboxylic acids is 1. The van der Waals surface area contributed by atoms with Crippen molar-refractivity contribution in [3.63, 3.8) is 0 Å². The van der Waals surface area contributed by atoms with Crippen molar-refractivity contribution in [3.05, 3.63) is 17.4 Å². The van der Waals surface area contributed by atoms with Crippen LogP contribution in [0.15, 0.2) is 12.4 Å². The molecule has 0 saturated carbocycles. The Morgan fingerprint density at radius 1 is 1.52 bits per heavy atom. The summed E-state index contributed by atoms with van der Waals surface area (Å²) in [5, 5.41) is 17.4. The van der Waals surface area contributed by atoms with Gasteiger partial charge in [0.1, 0.15) is 0 Å². The monoisotopic (exact) mass is 342 g/mol. The van der Waals surface area contributed by atoms with Crippen molar-refractivity contribution in [1.29, 1.82) is 0 Å². The van der Waals surface area contributed by atoms with Gasteiger partial charge in [-0.1, -0.05) is 25.4 Å². The van der Waals surface area contributed by atoms with Gasteiger partial charge in [0.25, 0.3) is 0 Å². The molecule has 7 heteroatoms. The van der Waals surface area contributed by atoms with Gasteiger partial charge in [-0.2, -0.15) is 5.10 Å². The van der Waals surface area contributed by atoms with Crippen molar-refractivity contribution >= 4 is 17.6 Å². The predicted molar refractivity (Wildman–Crippen MR) is 90.6 cm³/mol. The maximum absolute atomic E-state index is 12.3. The lowest BCUT2D eigenvalue weighted by molar-refractivity contribution is 0.124. The van der Waals surface area contributed by atoms with Crippen molar-refractivity contribution in [2.75, 3.05) is 19.6 Å². The second kappa shape index (κ2) is 7.53. The maximum atomic E-state index is 12.3. The molecule has 2 N–H and O–H groups in total. The van der Waals surface area contributed by atoms with E-state index in [9.17, 15) is 9.90 Å². The first kappa shape index (κ1) is 18.1. The van der Waals surface area contributed by atoms with Gasteiger partial charge in [-0.3, -0.25) is 4.68 Å². The summed E-state index contributed by atoms with van der Waals surface area (Å²) in [5.74, 6) is 0. The van der Waals surface area contributed by atoms with E-state index >= 15 is 0 Å². The smallest absolute Gasteiger partial charge is 0.317 e. The third-order valence-corrected chi connectivity index (χ3v) is 4.46. The molecular formula is C16H27ClN4O2. The van der Waals surface area contributed by atoms with E-state index in [0.29, 0.717) is 37.1 Å². The van der Waals surface area contributed by atoms with Gasteiger partial charge in [0.2, 0.25) is 0 Å². The third kappa shape index (κ3) is 5.39. The minimum atomic E-state index is -0.362. The maximum Gasteiger partial charge on any atom is 0.317 e. The quantitative estimate of drug-likeness (QED) is 0.864. The summed E-state index contributed by atoms with van der Waals surface area (Å²) in [6, 6.07) is 0.277. The summed E-state index contributed by atoms with van der Waals surface area (Å²) in [6.07, 6.45) is 5.53. The first-order chi connectivity index (χ1) is 10.8. The molecule has 1 aliphatic heterocycles. The molecule has 1 atom stereocenters. The van der Waals surface area contributed by atoms with Crippen molar-refractivity contribution < 1.29 is 9.90 Å². The molecule has 0 radical (unpaired) electrons. The van der Waals surface area contributed by atoms with Gasteiger partial charge < -0.3 is 15.3 Å². The highest BCUT2D eigenvalue weighted by Gasteiger charge is 2.26. The molecule has 6 nitrogen and oxygen atoms in total. The Hall–Kier alpha value is -1.27. The van der Waals surface area contributed by atoms with Crippen molar-refractivity contribution in [3.8, 4) is 0 Å². The number of rotatable bonds is 5. The number of likely N-dealkylation sites (tertiary alicyclic amines) is 1. The fraction of sp³-hybridized carbons (Fsp3) is 0.750. The topological polar surface area (TPSA) is 70.4 Å². The zero-order valence-electron chi connectivity index (χ0n) is 14.1. The number of nitrogens with zero attached hydrogens (tertiary/aromatic N) is 3. The number of piperidine rings is 1. The van der Waals surface area contributed by atoms with E-state index in [1.807, 2.05) is 29.6 Å². The fourth-order valence-electron chi connectivity index (χ4n) is 3.15. The van der Waals surface area contributed by atoms with E-state index in [-0.39, 0.29) is 17.6 Å². The SMILES string of the molecule is CC(O)CC(C)(C)CNC(=O)N1CCC(n2cc(Cl)cn2)CC1. The molecule has 2 rings (SSSR count). The van der Waals surface area contributed by atoms with E-state index in [1.165, 1.54) is 0 Å². The minimum Gasteiger partial charge on any atom is -0.393 e. The predicted octanol–water partition coefficient (Wildman–Crippen LogP) is 2.68. The van der Waals surface area contributed by atoms with Gasteiger partial charge in [0.05, 0.1) is 23.4 Å². The number of urea groups is 1. The Kier molecular flexibility index (Phi) is 5.92. The molecule has 1 fully saturated rings. The number of carbonyl (C=O) groups is 1. The van der Waals surface area contributed by atoms with Gasteiger partial charge in [-0.05, 0) is 31.6 Å². The Labute approximate surface area is 142 Å². The van der Waals surface area contributed by atoms with Crippen LogP contribution >= 0.6 is 11.6 Å². The van der Waals surface area contributed by atoms with Crippen LogP contribution < -0.4 is 5.32 Å². The zero-order chi connectivity index (χ0) is 17.0. The second-order valence-corrected chi connectivity index (χ2v) is 7.67. The van der Waals surface area contributed by atoms with Crippen LogP contribution in [-0.2, 0) is 0 Å². The highest BCUT2D eigenvalue weighted by molar-refractivity contribution is 6.30. The van der Waals surface area contributed by atoms with Crippen LogP contribution in [0.25, 0.3) is 0 Å². The first-order valence-electron chi connectivity index (χ1n) is 8.17. The normalized spacial score (nSPS) is 18.0. The highest BCUT2D eigenvalue weighted by Crippen LogP contribution is 2.24. The number of amides is 2. The summed E-state index contributed by atoms with van der Waals surface area (Å²) in [5.41, 5.74) is -0.117. The molecule has 0 bridgehead atoms. The van der Waals surface area contributed by atoms with E-state index in [0.717, 1.165) is 12.8 Å². The number of aliphatic hydroxyl groups is 1. The van der Waals surface area contributed by atoms with E-state index in [2.05, 4.69) is 10.4 Å². The van der Waals surface area contributed by atoms with Crippen LogP contribution in [0.2, 0.25) is 5.02 Å². The number of aromatic nitrogens is 2. The van der Waals surface area contributed by atoms with Gasteiger partial charge in [0.15, 0.2) is 0 Å². The lowest BCUT2D eigenvalue weighted by Gasteiger charge is -2.33. The van der Waals surface area contributed by atoms with Crippen LogP contribution in [0.3, 0.4) is 0 Å². The summed E-state index contributed by atoms with van der Waals surface area (Å²) < 4.78 is 1.89. The molecule has 2 heterocycles. The van der Waals surface area contributed by atoms with Gasteiger partial charge >= 0.3 is 6.03 Å². The molecule has 1 unspecified atom stereocenters. The van der Waals surface area contributed by atoms with E-state index in [4.69, 9.17) is 11.6 Å². The average Bonchev–Trinajstić information content (AvgIpc) is 2.90. The van der Waals surface area contributed by atoms with Crippen LogP contribution in [0.5, 0.6) is 0 Å². The van der Waals surface area contributed by atoms with Crippen molar-refractivity contribution in [2.24, 2.45) is 5.41 Å². The summed E-state index contributed by atoms with van der Waals surface area (Å²) in [6.45, 7) is 7.86. The summed E-state index contributed by atoms with van der Waals surface area (Å²) >= 11 is 5.90. The van der Waals surface area contributed by atoms with Crippen LogP contribution in [0, 0.1) is 5.41 Å². The van der Waals surface area contributed by atoms with Crippen LogP contribution in [0.4, 0.5) is 4.79 Å². The molecule has 1 aliphatic rings. The minimum absolute atomic E-state index is 0.0272. The second-order valence-electron chi connectivity index (χ2n) is 7.23. The molecule has 1 saturated heterocycles. The number of hydrogen-bond donors (Lipinski definition) is 2. The lowest BCUT2D eigenvalue weighted by Crippen LogP contribution is -2.47. The van der Waals surface area contributed by atoms with Crippen molar-refractivity contribution in [1.82, 2.24) is 20.0 Å². The van der Waals surface area contributed by atoms with Crippen LogP contribution in [-0.4, -0.2) is 51.6 Å². The summed E-state index contributed by atoms with van der Waals surface area (Å²) in [4.78, 5) is 14.1. The van der Waals surface area contributed by atoms with E-state index < -0.39 is 0 Å². The lowest BCUT2D eigenvalue weighted by atomic mass is 9.87. The van der Waals surface area contributed by atoms with Gasteiger partial charge in [0, 0.05) is 25.8 Å². The third-order valence-electron chi connectivity index (χ3n) is 4.26. The number of hydrogen-bond acceptors (Lipinski definition) is 3. The Morgan fingerprint density at radius 2 is 2.17 bits per heavy atom. The van der Waals surface area contributed by atoms with Gasteiger partial charge in [-0.15, -0.1) is 0 Å². The molecular weight excluding hydrogens is 316 g/mol. The fourth-order valence-corrected chi connectivity index (χ4v) is 3.29. The zero-order valence-corrected chi connectivity index (χ0v) is 14.9. The number of halogens is 1. The Morgan fingerprint density at radius 3 is 2.70 bits per heavy atom. The first-order valence-corrected chi connectivity index (χ1v) is 8.55. The number of nitrogens with one attached hydrogen (secondary N) is 1. The highest BCUT2D eigenvalue weighted by atomic mass is 35.5. The number of aliphatic hydroxyl groups excluding tert-OH is 1. The molecule has 0 spiro atoms. The molecule has 0 aliphatic carbocycles. The largest absolute Gasteiger partial charge is 0.393 e. The molecule has 1 aromatic rings. The standard InChI is InChI=1S/C16H27ClN4O2/c1-12(22)8-16(2,3)11-18-15(23)20-6-4-14(5-7-20)21-10-13(17)9-19-21/h9-10,12,14,22H,4-8,11H2,1-3H3,(H,18,23). The molecule has 130 valence electrons.